The summed E-state index contributed by atoms with van der Waals surface area (Å²) in [6.45, 7) is 0.101. The highest BCUT2D eigenvalue weighted by Gasteiger charge is 2.53. The van der Waals surface area contributed by atoms with Crippen molar-refractivity contribution in [3.05, 3.63) is 70.7 Å². The molecule has 3 aliphatic rings. The standard InChI is InChI=1S/C23H21ClFN3O4/c24-16-8-4-5-14(11-16)9-10-17-21(29)20(28-19(25)12-26-27-28)22-18(31-17)13-30-23(32-22)15-6-2-1-3-7-15/h1-8,11,17-23,29H,12-13H2/t17-,18+,19?,20+,21-,22-,23-/m0/s1. The number of fused-ring (bicyclic) bond motifs is 1. The maximum Gasteiger partial charge on any atom is 0.210 e. The molecule has 7 atom stereocenters. The molecule has 2 saturated heterocycles. The third-order valence-corrected chi connectivity index (χ3v) is 5.86. The highest BCUT2D eigenvalue weighted by Crippen LogP contribution is 2.37. The molecule has 2 fully saturated rings. The minimum atomic E-state index is -1.46. The van der Waals surface area contributed by atoms with Gasteiger partial charge in [-0.1, -0.05) is 65.1 Å². The number of aliphatic hydroxyl groups is 1. The first-order valence-electron chi connectivity index (χ1n) is 10.3. The lowest BCUT2D eigenvalue weighted by molar-refractivity contribution is -0.316. The topological polar surface area (TPSA) is 75.9 Å². The van der Waals surface area contributed by atoms with Crippen molar-refractivity contribution in [2.75, 3.05) is 13.2 Å². The van der Waals surface area contributed by atoms with Crippen LogP contribution in [0.5, 0.6) is 0 Å². The molecular weight excluding hydrogens is 437 g/mol. The SMILES string of the molecule is O[C@@H]1[C@@H](N2N=NCC2F)[C@H]2O[C@@H](c3ccccc3)OC[C@H]2O[C@H]1C#Cc1cccc(Cl)c1. The molecule has 7 nitrogen and oxygen atoms in total. The number of ether oxygens (including phenoxy) is 3. The Balaban J connectivity index is 1.43. The number of rotatable bonds is 2. The highest BCUT2D eigenvalue weighted by atomic mass is 35.5. The predicted molar refractivity (Wildman–Crippen MR) is 113 cm³/mol. The second-order valence-electron chi connectivity index (χ2n) is 7.76. The Morgan fingerprint density at radius 2 is 1.97 bits per heavy atom. The summed E-state index contributed by atoms with van der Waals surface area (Å²) in [5.41, 5.74) is 1.50. The van der Waals surface area contributed by atoms with Gasteiger partial charge in [0.15, 0.2) is 6.29 Å². The van der Waals surface area contributed by atoms with Crippen LogP contribution in [-0.2, 0) is 14.2 Å². The fourth-order valence-corrected chi connectivity index (χ4v) is 4.29. The first-order valence-corrected chi connectivity index (χ1v) is 10.7. The largest absolute Gasteiger partial charge is 0.387 e. The number of hydrogen-bond donors (Lipinski definition) is 1. The Bertz CT molecular complexity index is 1050. The molecule has 0 spiro atoms. The zero-order chi connectivity index (χ0) is 22.1. The van der Waals surface area contributed by atoms with Crippen molar-refractivity contribution in [1.82, 2.24) is 5.01 Å². The van der Waals surface area contributed by atoms with Crippen molar-refractivity contribution in [3.63, 3.8) is 0 Å². The molecule has 0 radical (unpaired) electrons. The number of alkyl halides is 1. The summed E-state index contributed by atoms with van der Waals surface area (Å²) in [7, 11) is 0. The molecule has 1 N–H and O–H groups in total. The van der Waals surface area contributed by atoms with Crippen molar-refractivity contribution in [1.29, 1.82) is 0 Å². The molecule has 0 bridgehead atoms. The zero-order valence-corrected chi connectivity index (χ0v) is 17.7. The number of hydrogen-bond acceptors (Lipinski definition) is 7. The Morgan fingerprint density at radius 1 is 1.12 bits per heavy atom. The zero-order valence-electron chi connectivity index (χ0n) is 16.9. The highest BCUT2D eigenvalue weighted by molar-refractivity contribution is 6.30. The van der Waals surface area contributed by atoms with E-state index in [2.05, 4.69) is 22.2 Å². The summed E-state index contributed by atoms with van der Waals surface area (Å²) in [6.07, 6.45) is -5.47. The average Bonchev–Trinajstić information content (AvgIpc) is 3.23. The van der Waals surface area contributed by atoms with Gasteiger partial charge < -0.3 is 19.3 Å². The second kappa shape index (κ2) is 9.14. The van der Waals surface area contributed by atoms with Crippen LogP contribution in [0.3, 0.4) is 0 Å². The van der Waals surface area contributed by atoms with Crippen molar-refractivity contribution in [2.24, 2.45) is 10.3 Å². The minimum Gasteiger partial charge on any atom is -0.387 e. The molecule has 0 aliphatic carbocycles. The number of halogens is 2. The van der Waals surface area contributed by atoms with E-state index >= 15 is 0 Å². The van der Waals surface area contributed by atoms with Gasteiger partial charge in [0, 0.05) is 16.1 Å². The molecule has 0 saturated carbocycles. The van der Waals surface area contributed by atoms with Gasteiger partial charge in [0.05, 0.1) is 6.61 Å². The fourth-order valence-electron chi connectivity index (χ4n) is 4.10. The minimum absolute atomic E-state index is 0.0983. The quantitative estimate of drug-likeness (QED) is 0.553. The predicted octanol–water partition coefficient (Wildman–Crippen LogP) is 3.28. The molecule has 9 heteroatoms. The third-order valence-electron chi connectivity index (χ3n) is 5.62. The van der Waals surface area contributed by atoms with E-state index in [4.69, 9.17) is 25.8 Å². The lowest BCUT2D eigenvalue weighted by Crippen LogP contribution is -2.66. The van der Waals surface area contributed by atoms with Crippen LogP contribution in [0.4, 0.5) is 4.39 Å². The van der Waals surface area contributed by atoms with E-state index in [0.717, 1.165) is 10.6 Å². The van der Waals surface area contributed by atoms with Crippen molar-refractivity contribution in [2.45, 2.75) is 43.0 Å². The Morgan fingerprint density at radius 3 is 2.72 bits per heavy atom. The van der Waals surface area contributed by atoms with E-state index in [1.165, 1.54) is 0 Å². The molecule has 5 rings (SSSR count). The first kappa shape index (κ1) is 21.3. The maximum absolute atomic E-state index is 14.6. The van der Waals surface area contributed by atoms with E-state index in [0.29, 0.717) is 10.6 Å². The van der Waals surface area contributed by atoms with E-state index in [9.17, 15) is 9.50 Å². The van der Waals surface area contributed by atoms with Crippen LogP contribution >= 0.6 is 11.6 Å². The Kier molecular flexibility index (Phi) is 6.09. The summed E-state index contributed by atoms with van der Waals surface area (Å²) in [5.74, 6) is 5.92. The Hall–Kier alpha value is -2.54. The van der Waals surface area contributed by atoms with Crippen LogP contribution in [0, 0.1) is 11.8 Å². The molecule has 3 aliphatic heterocycles. The van der Waals surface area contributed by atoms with Gasteiger partial charge in [0.25, 0.3) is 0 Å². The fraction of sp³-hybridized carbons (Fsp3) is 0.391. The number of nitrogens with zero attached hydrogens (tertiary/aromatic N) is 3. The second-order valence-corrected chi connectivity index (χ2v) is 8.20. The summed E-state index contributed by atoms with van der Waals surface area (Å²) in [5, 5.41) is 20.6. The van der Waals surface area contributed by atoms with Gasteiger partial charge in [0.1, 0.15) is 37.0 Å². The van der Waals surface area contributed by atoms with Crippen LogP contribution in [0.25, 0.3) is 0 Å². The summed E-state index contributed by atoms with van der Waals surface area (Å²) >= 11 is 6.02. The van der Waals surface area contributed by atoms with Crippen molar-refractivity contribution >= 4 is 11.6 Å². The molecule has 3 heterocycles. The van der Waals surface area contributed by atoms with E-state index in [-0.39, 0.29) is 13.2 Å². The monoisotopic (exact) mass is 457 g/mol. The van der Waals surface area contributed by atoms with Crippen LogP contribution in [0.2, 0.25) is 5.02 Å². The van der Waals surface area contributed by atoms with Crippen LogP contribution in [-0.4, -0.2) is 60.0 Å². The van der Waals surface area contributed by atoms with Gasteiger partial charge in [-0.3, -0.25) is 0 Å². The van der Waals surface area contributed by atoms with Gasteiger partial charge in [-0.25, -0.2) is 9.40 Å². The number of benzene rings is 2. The van der Waals surface area contributed by atoms with E-state index in [1.54, 1.807) is 24.3 Å². The normalized spacial score (nSPS) is 34.0. The molecule has 0 amide bonds. The van der Waals surface area contributed by atoms with Crippen LogP contribution in [0.15, 0.2) is 64.9 Å². The first-order chi connectivity index (χ1) is 15.6. The molecule has 1 unspecified atom stereocenters. The van der Waals surface area contributed by atoms with Gasteiger partial charge >= 0.3 is 0 Å². The van der Waals surface area contributed by atoms with E-state index < -0.39 is 43.0 Å². The van der Waals surface area contributed by atoms with Gasteiger partial charge in [-0.15, -0.1) is 0 Å². The maximum atomic E-state index is 14.6. The molecule has 0 aromatic heterocycles. The lowest BCUT2D eigenvalue weighted by Gasteiger charge is -2.49. The third kappa shape index (κ3) is 4.22. The van der Waals surface area contributed by atoms with Crippen molar-refractivity contribution in [3.8, 4) is 11.8 Å². The summed E-state index contributed by atoms with van der Waals surface area (Å²) in [6, 6.07) is 15.6. The average molecular weight is 458 g/mol. The van der Waals surface area contributed by atoms with Gasteiger partial charge in [0.2, 0.25) is 6.30 Å². The van der Waals surface area contributed by atoms with Crippen molar-refractivity contribution < 1.29 is 23.7 Å². The number of aliphatic hydroxyl groups excluding tert-OH is 1. The molecule has 2 aromatic carbocycles. The summed E-state index contributed by atoms with van der Waals surface area (Å²) < 4.78 is 32.7. The molecule has 2 aromatic rings. The van der Waals surface area contributed by atoms with Gasteiger partial charge in [-0.05, 0) is 18.2 Å². The van der Waals surface area contributed by atoms with Crippen LogP contribution in [0.1, 0.15) is 17.4 Å². The molecule has 32 heavy (non-hydrogen) atoms. The smallest absolute Gasteiger partial charge is 0.210 e. The van der Waals surface area contributed by atoms with Crippen LogP contribution < -0.4 is 0 Å². The molecule has 166 valence electrons. The molecular formula is C23H21ClFN3O4. The lowest BCUT2D eigenvalue weighted by atomic mass is 9.91. The van der Waals surface area contributed by atoms with Gasteiger partial charge in [-0.2, -0.15) is 5.11 Å². The van der Waals surface area contributed by atoms with E-state index in [1.807, 2.05) is 30.3 Å². The summed E-state index contributed by atoms with van der Waals surface area (Å²) in [4.78, 5) is 0. The Labute approximate surface area is 189 Å².